The monoisotopic (exact) mass is 200 g/mol. The summed E-state index contributed by atoms with van der Waals surface area (Å²) in [5, 5.41) is 13.2. The summed E-state index contributed by atoms with van der Waals surface area (Å²) in [5.74, 6) is -0.202. The molecule has 0 unspecified atom stereocenters. The first-order valence-electron chi connectivity index (χ1n) is 4.10. The lowest BCUT2D eigenvalue weighted by Crippen LogP contribution is -2.17. The zero-order valence-electron chi connectivity index (χ0n) is 8.06. The van der Waals surface area contributed by atoms with Crippen molar-refractivity contribution in [2.45, 2.75) is 0 Å². The van der Waals surface area contributed by atoms with Crippen molar-refractivity contribution >= 4 is 5.82 Å². The number of likely N-dealkylation sites (N-methyl/N-ethyl adjacent to an activating group) is 1. The van der Waals surface area contributed by atoms with Crippen LogP contribution in [0.5, 0.6) is 6.01 Å². The van der Waals surface area contributed by atoms with Gasteiger partial charge in [-0.05, 0) is 12.0 Å². The lowest BCUT2D eigenvalue weighted by Gasteiger charge is -1.99. The molecule has 1 N–H and O–H groups in total. The maximum Gasteiger partial charge on any atom is 0.414 e. The molecule has 0 saturated heterocycles. The van der Waals surface area contributed by atoms with E-state index >= 15 is 0 Å². The van der Waals surface area contributed by atoms with Gasteiger partial charge in [-0.3, -0.25) is 4.57 Å². The second kappa shape index (κ2) is 4.56. The molecule has 0 aliphatic carbocycles. The van der Waals surface area contributed by atoms with Gasteiger partial charge in [0, 0.05) is 18.6 Å². The van der Waals surface area contributed by atoms with Crippen molar-refractivity contribution < 1.29 is 9.66 Å². The Kier molecular flexibility index (Phi) is 3.41. The number of aryl methyl sites for hydroxylation is 1. The predicted octanol–water partition coefficient (Wildman–Crippen LogP) is -0.0735. The molecule has 7 heteroatoms. The first-order valence-corrected chi connectivity index (χ1v) is 4.10. The zero-order valence-corrected chi connectivity index (χ0v) is 8.06. The van der Waals surface area contributed by atoms with Crippen molar-refractivity contribution in [1.29, 1.82) is 0 Å². The Morgan fingerprint density at radius 1 is 1.79 bits per heavy atom. The highest BCUT2D eigenvalue weighted by molar-refractivity contribution is 5.19. The number of nitrogens with one attached hydrogen (secondary N) is 1. The van der Waals surface area contributed by atoms with Gasteiger partial charge < -0.3 is 20.2 Å². The van der Waals surface area contributed by atoms with Crippen LogP contribution < -0.4 is 10.1 Å². The average molecular weight is 200 g/mol. The molecule has 0 aliphatic heterocycles. The van der Waals surface area contributed by atoms with E-state index in [0.717, 1.165) is 0 Å². The number of hydrogen-bond acceptors (Lipinski definition) is 5. The van der Waals surface area contributed by atoms with Gasteiger partial charge in [0.15, 0.2) is 0 Å². The van der Waals surface area contributed by atoms with Gasteiger partial charge in [-0.25, -0.2) is 0 Å². The van der Waals surface area contributed by atoms with E-state index in [2.05, 4.69) is 10.3 Å². The summed E-state index contributed by atoms with van der Waals surface area (Å²) in [6.45, 7) is 1.10. The Balaban J connectivity index is 2.63. The molecule has 0 atom stereocenters. The lowest BCUT2D eigenvalue weighted by molar-refractivity contribution is -0.389. The molecule has 0 spiro atoms. The number of rotatable bonds is 5. The van der Waals surface area contributed by atoms with Gasteiger partial charge in [-0.1, -0.05) is 0 Å². The fourth-order valence-corrected chi connectivity index (χ4v) is 0.901. The van der Waals surface area contributed by atoms with Crippen molar-refractivity contribution in [3.05, 3.63) is 16.3 Å². The van der Waals surface area contributed by atoms with Crippen LogP contribution in [0.1, 0.15) is 0 Å². The molecule has 0 amide bonds. The van der Waals surface area contributed by atoms with Crippen LogP contribution in [-0.2, 0) is 7.05 Å². The maximum atomic E-state index is 10.4. The van der Waals surface area contributed by atoms with E-state index in [0.29, 0.717) is 13.2 Å². The van der Waals surface area contributed by atoms with Crippen molar-refractivity contribution in [3.63, 3.8) is 0 Å². The molecule has 1 heterocycles. The van der Waals surface area contributed by atoms with E-state index in [-0.39, 0.29) is 11.8 Å². The number of ether oxygens (including phenoxy) is 1. The van der Waals surface area contributed by atoms with Gasteiger partial charge in [0.2, 0.25) is 0 Å². The number of nitro groups is 1. The third kappa shape index (κ3) is 2.43. The highest BCUT2D eigenvalue weighted by Crippen LogP contribution is 2.14. The Labute approximate surface area is 80.8 Å². The number of imidazole rings is 1. The summed E-state index contributed by atoms with van der Waals surface area (Å²) in [6.07, 6.45) is 1.31. The summed E-state index contributed by atoms with van der Waals surface area (Å²) in [7, 11) is 3.44. The molecular formula is C7H12N4O3. The Morgan fingerprint density at radius 2 is 2.50 bits per heavy atom. The Morgan fingerprint density at radius 3 is 3.00 bits per heavy atom. The second-order valence-corrected chi connectivity index (χ2v) is 2.70. The van der Waals surface area contributed by atoms with Crippen LogP contribution in [0.3, 0.4) is 0 Å². The Hall–Kier alpha value is -1.63. The first-order chi connectivity index (χ1) is 6.65. The van der Waals surface area contributed by atoms with Crippen LogP contribution in [0.15, 0.2) is 6.20 Å². The van der Waals surface area contributed by atoms with Crippen LogP contribution >= 0.6 is 0 Å². The van der Waals surface area contributed by atoms with Crippen LogP contribution in [0.25, 0.3) is 0 Å². The topological polar surface area (TPSA) is 82.2 Å². The zero-order chi connectivity index (χ0) is 10.6. The summed E-state index contributed by atoms with van der Waals surface area (Å²) >= 11 is 0. The molecule has 0 aromatic carbocycles. The van der Waals surface area contributed by atoms with E-state index in [1.807, 2.05) is 0 Å². The van der Waals surface area contributed by atoms with Crippen LogP contribution in [0.4, 0.5) is 5.82 Å². The normalized spacial score (nSPS) is 10.1. The van der Waals surface area contributed by atoms with Gasteiger partial charge >= 0.3 is 11.8 Å². The molecule has 0 fully saturated rings. The fraction of sp³-hybridized carbons (Fsp3) is 0.571. The van der Waals surface area contributed by atoms with Crippen molar-refractivity contribution in [2.75, 3.05) is 20.2 Å². The Bertz CT molecular complexity index is 323. The highest BCUT2D eigenvalue weighted by Gasteiger charge is 2.17. The minimum absolute atomic E-state index is 0.202. The molecule has 1 rings (SSSR count). The summed E-state index contributed by atoms with van der Waals surface area (Å²) in [6, 6.07) is 0.256. The molecule has 0 bridgehead atoms. The molecule has 14 heavy (non-hydrogen) atoms. The number of hydrogen-bond donors (Lipinski definition) is 1. The average Bonchev–Trinajstić information content (AvgIpc) is 2.49. The predicted molar refractivity (Wildman–Crippen MR) is 49.3 cm³/mol. The van der Waals surface area contributed by atoms with Crippen LogP contribution in [0.2, 0.25) is 0 Å². The number of nitrogens with zero attached hydrogens (tertiary/aromatic N) is 3. The highest BCUT2D eigenvalue weighted by atomic mass is 16.6. The van der Waals surface area contributed by atoms with Crippen LogP contribution in [-0.4, -0.2) is 34.7 Å². The fourth-order valence-electron chi connectivity index (χ4n) is 0.901. The third-order valence-corrected chi connectivity index (χ3v) is 1.59. The standard InChI is InChI=1S/C7H12N4O3/c1-8-3-4-14-7-9-6(11(12)13)5-10(7)2/h5,8H,3-4H2,1-2H3. The van der Waals surface area contributed by atoms with E-state index in [1.54, 1.807) is 14.1 Å². The maximum absolute atomic E-state index is 10.4. The minimum Gasteiger partial charge on any atom is -0.444 e. The molecule has 1 aromatic heterocycles. The molecule has 0 radical (unpaired) electrons. The quantitative estimate of drug-likeness (QED) is 0.408. The van der Waals surface area contributed by atoms with Gasteiger partial charge in [0.1, 0.15) is 12.8 Å². The van der Waals surface area contributed by atoms with Gasteiger partial charge in [-0.15, -0.1) is 0 Å². The smallest absolute Gasteiger partial charge is 0.414 e. The van der Waals surface area contributed by atoms with Crippen LogP contribution in [0, 0.1) is 10.1 Å². The lowest BCUT2D eigenvalue weighted by atomic mass is 10.7. The second-order valence-electron chi connectivity index (χ2n) is 2.70. The van der Waals surface area contributed by atoms with Crippen molar-refractivity contribution in [3.8, 4) is 6.01 Å². The largest absolute Gasteiger partial charge is 0.444 e. The first kappa shape index (κ1) is 10.5. The SMILES string of the molecule is CNCCOc1nc([N+](=O)[O-])cn1C. The number of aromatic nitrogens is 2. The van der Waals surface area contributed by atoms with E-state index < -0.39 is 4.92 Å². The summed E-state index contributed by atoms with van der Waals surface area (Å²) in [4.78, 5) is 13.5. The summed E-state index contributed by atoms with van der Waals surface area (Å²) in [5.41, 5.74) is 0. The van der Waals surface area contributed by atoms with E-state index in [4.69, 9.17) is 4.74 Å². The van der Waals surface area contributed by atoms with Crippen molar-refractivity contribution in [2.24, 2.45) is 7.05 Å². The third-order valence-electron chi connectivity index (χ3n) is 1.59. The minimum atomic E-state index is -0.551. The van der Waals surface area contributed by atoms with E-state index in [1.165, 1.54) is 10.8 Å². The molecule has 1 aromatic rings. The molecule has 7 nitrogen and oxygen atoms in total. The van der Waals surface area contributed by atoms with Gasteiger partial charge in [0.25, 0.3) is 0 Å². The molecular weight excluding hydrogens is 188 g/mol. The summed E-state index contributed by atoms with van der Waals surface area (Å²) < 4.78 is 6.67. The van der Waals surface area contributed by atoms with Gasteiger partial charge in [-0.2, -0.15) is 0 Å². The molecule has 78 valence electrons. The molecule has 0 aliphatic rings. The van der Waals surface area contributed by atoms with E-state index in [9.17, 15) is 10.1 Å². The van der Waals surface area contributed by atoms with Gasteiger partial charge in [0.05, 0.1) is 0 Å². The van der Waals surface area contributed by atoms with Crippen molar-refractivity contribution in [1.82, 2.24) is 14.9 Å². The molecule has 0 saturated carbocycles.